The second-order valence-electron chi connectivity index (χ2n) is 6.83. The van der Waals surface area contributed by atoms with E-state index in [9.17, 15) is 4.79 Å². The number of quaternary nitrogens is 1. The fourth-order valence-corrected chi connectivity index (χ4v) is 3.01. The monoisotopic (exact) mass is 320 g/mol. The van der Waals surface area contributed by atoms with Crippen molar-refractivity contribution in [2.45, 2.75) is 52.2 Å². The number of hydrogen-bond acceptors (Lipinski definition) is 3. The van der Waals surface area contributed by atoms with Crippen molar-refractivity contribution in [2.75, 3.05) is 20.2 Å². The average molecular weight is 320 g/mol. The number of hydrogen-bond donors (Lipinski definition) is 1. The fraction of sp³-hybridized carbons (Fsp3) is 0.632. The molecule has 1 aliphatic rings. The van der Waals surface area contributed by atoms with Gasteiger partial charge < -0.3 is 14.4 Å². The maximum Gasteiger partial charge on any atom is 0.338 e. The average Bonchev–Trinajstić information content (AvgIpc) is 2.53. The van der Waals surface area contributed by atoms with Gasteiger partial charge in [-0.2, -0.15) is 0 Å². The van der Waals surface area contributed by atoms with Crippen molar-refractivity contribution in [1.29, 1.82) is 0 Å². The van der Waals surface area contributed by atoms with Crippen LogP contribution in [0.25, 0.3) is 0 Å². The summed E-state index contributed by atoms with van der Waals surface area (Å²) in [6, 6.07) is 7.79. The maximum atomic E-state index is 12.3. The van der Waals surface area contributed by atoms with E-state index < -0.39 is 0 Å². The summed E-state index contributed by atoms with van der Waals surface area (Å²) < 4.78 is 11.4. The molecule has 23 heavy (non-hydrogen) atoms. The summed E-state index contributed by atoms with van der Waals surface area (Å²) in [6.07, 6.45) is 3.09. The first kappa shape index (κ1) is 17.8. The van der Waals surface area contributed by atoms with E-state index >= 15 is 0 Å². The molecule has 0 aromatic heterocycles. The van der Waals surface area contributed by atoms with Crippen LogP contribution in [0.2, 0.25) is 0 Å². The number of carbonyl (C=O) groups excluding carboxylic acids is 1. The van der Waals surface area contributed by atoms with E-state index in [4.69, 9.17) is 9.47 Å². The second kappa shape index (κ2) is 8.34. The third-order valence-electron chi connectivity index (χ3n) is 4.82. The summed E-state index contributed by atoms with van der Waals surface area (Å²) in [5, 5.41) is 0. The molecule has 0 spiro atoms. The molecule has 1 unspecified atom stereocenters. The van der Waals surface area contributed by atoms with Crippen LogP contribution >= 0.6 is 0 Å². The number of benzene rings is 1. The van der Waals surface area contributed by atoms with E-state index in [1.54, 1.807) is 12.1 Å². The van der Waals surface area contributed by atoms with E-state index in [1.807, 2.05) is 12.1 Å². The minimum atomic E-state index is -0.228. The number of piperidine rings is 1. The minimum Gasteiger partial charge on any atom is -0.494 e. The Bertz CT molecular complexity index is 500. The van der Waals surface area contributed by atoms with Crippen molar-refractivity contribution in [3.63, 3.8) is 0 Å². The lowest BCUT2D eigenvalue weighted by molar-refractivity contribution is -0.914. The van der Waals surface area contributed by atoms with Gasteiger partial charge in [0.25, 0.3) is 0 Å². The topological polar surface area (TPSA) is 40.0 Å². The van der Waals surface area contributed by atoms with Crippen molar-refractivity contribution in [3.8, 4) is 5.75 Å². The van der Waals surface area contributed by atoms with E-state index in [0.717, 1.165) is 31.6 Å². The molecule has 1 aromatic carbocycles. The zero-order valence-electron chi connectivity index (χ0n) is 14.8. The van der Waals surface area contributed by atoms with Crippen LogP contribution < -0.4 is 9.64 Å². The molecule has 2 rings (SSSR count). The van der Waals surface area contributed by atoms with Gasteiger partial charge in [-0.25, -0.2) is 4.79 Å². The Balaban J connectivity index is 1.90. The van der Waals surface area contributed by atoms with Gasteiger partial charge in [-0.15, -0.1) is 0 Å². The van der Waals surface area contributed by atoms with E-state index in [2.05, 4.69) is 27.8 Å². The molecular weight excluding hydrogens is 290 g/mol. The van der Waals surface area contributed by atoms with Crippen molar-refractivity contribution in [1.82, 2.24) is 0 Å². The summed E-state index contributed by atoms with van der Waals surface area (Å²) in [5.41, 5.74) is 0.596. The summed E-state index contributed by atoms with van der Waals surface area (Å²) in [5.74, 6) is 0.973. The second-order valence-corrected chi connectivity index (χ2v) is 6.83. The first-order valence-corrected chi connectivity index (χ1v) is 8.77. The van der Waals surface area contributed by atoms with Gasteiger partial charge in [0.2, 0.25) is 0 Å². The first-order valence-electron chi connectivity index (χ1n) is 8.77. The Morgan fingerprint density at radius 3 is 2.61 bits per heavy atom. The number of carbonyl (C=O) groups is 1. The van der Waals surface area contributed by atoms with Crippen molar-refractivity contribution in [3.05, 3.63) is 29.8 Å². The van der Waals surface area contributed by atoms with Crippen molar-refractivity contribution in [2.24, 2.45) is 5.92 Å². The molecular formula is C19H30NO3+. The lowest BCUT2D eigenvalue weighted by Crippen LogP contribution is -3.14. The van der Waals surface area contributed by atoms with Crippen LogP contribution in [0.15, 0.2) is 24.3 Å². The number of esters is 1. The zero-order valence-corrected chi connectivity index (χ0v) is 14.8. The normalized spacial score (nSPS) is 27.5. The van der Waals surface area contributed by atoms with Crippen molar-refractivity contribution < 1.29 is 19.2 Å². The molecule has 1 aromatic rings. The quantitative estimate of drug-likeness (QED) is 0.646. The third kappa shape index (κ3) is 4.96. The summed E-state index contributed by atoms with van der Waals surface area (Å²) >= 11 is 0. The van der Waals surface area contributed by atoms with Gasteiger partial charge in [0.05, 0.1) is 31.8 Å². The van der Waals surface area contributed by atoms with E-state index in [1.165, 1.54) is 4.90 Å². The van der Waals surface area contributed by atoms with Gasteiger partial charge in [0, 0.05) is 12.3 Å². The minimum absolute atomic E-state index is 0.0154. The molecule has 0 radical (unpaired) electrons. The molecule has 1 saturated heterocycles. The van der Waals surface area contributed by atoms with Crippen LogP contribution in [0.4, 0.5) is 0 Å². The number of likely N-dealkylation sites (tertiary alicyclic amines) is 1. The molecule has 0 amide bonds. The summed E-state index contributed by atoms with van der Waals surface area (Å²) in [6.45, 7) is 8.27. The molecule has 1 fully saturated rings. The van der Waals surface area contributed by atoms with E-state index in [-0.39, 0.29) is 12.1 Å². The van der Waals surface area contributed by atoms with Crippen molar-refractivity contribution >= 4 is 5.97 Å². The Morgan fingerprint density at radius 2 is 1.96 bits per heavy atom. The molecule has 0 aliphatic carbocycles. The SMILES string of the molecule is CCCCOc1ccc(C(=O)O[C@@H]2C[C@H](C)[NH+](C)C[C@@H]2C)cc1. The highest BCUT2D eigenvalue weighted by molar-refractivity contribution is 5.89. The maximum absolute atomic E-state index is 12.3. The standard InChI is InChI=1S/C19H29NO3/c1-5-6-11-22-17-9-7-16(8-10-17)19(21)23-18-12-15(3)20(4)13-14(18)2/h7-10,14-15,18H,5-6,11-13H2,1-4H3/p+1/t14-,15-,18+/m0/s1. The van der Waals surface area contributed by atoms with Crippen LogP contribution in [-0.2, 0) is 4.74 Å². The molecule has 1 heterocycles. The molecule has 0 bridgehead atoms. The number of rotatable bonds is 6. The Hall–Kier alpha value is -1.55. The molecule has 4 nitrogen and oxygen atoms in total. The Kier molecular flexibility index (Phi) is 6.46. The largest absolute Gasteiger partial charge is 0.494 e. The molecule has 0 saturated carbocycles. The predicted molar refractivity (Wildman–Crippen MR) is 91.0 cm³/mol. The number of unbranched alkanes of at least 4 members (excludes halogenated alkanes) is 1. The molecule has 1 aliphatic heterocycles. The fourth-order valence-electron chi connectivity index (χ4n) is 3.01. The molecule has 4 atom stereocenters. The van der Waals surface area contributed by atoms with Gasteiger partial charge in [-0.05, 0) is 37.6 Å². The number of nitrogens with one attached hydrogen (secondary N) is 1. The first-order chi connectivity index (χ1) is 11.0. The summed E-state index contributed by atoms with van der Waals surface area (Å²) in [4.78, 5) is 13.9. The predicted octanol–water partition coefficient (Wildman–Crippen LogP) is 2.33. The molecule has 128 valence electrons. The smallest absolute Gasteiger partial charge is 0.338 e. The van der Waals surface area contributed by atoms with Crippen LogP contribution in [-0.4, -0.2) is 38.3 Å². The Labute approximate surface area is 139 Å². The number of ether oxygens (including phenoxy) is 2. The van der Waals surface area contributed by atoms with Gasteiger partial charge in [-0.1, -0.05) is 20.3 Å². The van der Waals surface area contributed by atoms with Gasteiger partial charge in [0.1, 0.15) is 11.9 Å². The zero-order chi connectivity index (χ0) is 16.8. The highest BCUT2D eigenvalue weighted by atomic mass is 16.5. The van der Waals surface area contributed by atoms with Crippen LogP contribution in [0, 0.1) is 5.92 Å². The molecule has 1 N–H and O–H groups in total. The third-order valence-corrected chi connectivity index (χ3v) is 4.82. The van der Waals surface area contributed by atoms with Crippen LogP contribution in [0.1, 0.15) is 50.4 Å². The highest BCUT2D eigenvalue weighted by Gasteiger charge is 2.34. The van der Waals surface area contributed by atoms with Gasteiger partial charge in [0.15, 0.2) is 0 Å². The van der Waals surface area contributed by atoms with Crippen LogP contribution in [0.5, 0.6) is 5.75 Å². The Morgan fingerprint density at radius 1 is 1.26 bits per heavy atom. The summed E-state index contributed by atoms with van der Waals surface area (Å²) in [7, 11) is 2.20. The van der Waals surface area contributed by atoms with Gasteiger partial charge >= 0.3 is 5.97 Å². The molecule has 4 heteroatoms. The highest BCUT2D eigenvalue weighted by Crippen LogP contribution is 2.19. The lowest BCUT2D eigenvalue weighted by Gasteiger charge is -2.36. The van der Waals surface area contributed by atoms with E-state index in [0.29, 0.717) is 24.1 Å². The van der Waals surface area contributed by atoms with Gasteiger partial charge in [-0.3, -0.25) is 0 Å². The lowest BCUT2D eigenvalue weighted by atomic mass is 9.92. The van der Waals surface area contributed by atoms with Crippen LogP contribution in [0.3, 0.4) is 0 Å².